The first-order valence-electron chi connectivity index (χ1n) is 9.30. The minimum atomic E-state index is -0.865. The molecule has 0 saturated carbocycles. The first-order chi connectivity index (χ1) is 14.0. The van der Waals surface area contributed by atoms with Gasteiger partial charge in [-0.3, -0.25) is 4.79 Å². The van der Waals surface area contributed by atoms with Crippen LogP contribution >= 0.6 is 0 Å². The van der Waals surface area contributed by atoms with Crippen molar-refractivity contribution < 1.29 is 32.9 Å². The van der Waals surface area contributed by atoms with Gasteiger partial charge >= 0.3 is 0 Å². The summed E-state index contributed by atoms with van der Waals surface area (Å²) in [6.07, 6.45) is -0.454. The van der Waals surface area contributed by atoms with Crippen molar-refractivity contribution in [2.75, 3.05) is 26.8 Å². The first kappa shape index (κ1) is 20.9. The molecule has 0 spiro atoms. The van der Waals surface area contributed by atoms with Gasteiger partial charge in [0.15, 0.2) is 18.2 Å². The fraction of sp³-hybridized carbons (Fsp3) is 0.381. The lowest BCUT2D eigenvalue weighted by atomic mass is 10.1. The van der Waals surface area contributed by atoms with E-state index >= 15 is 0 Å². The molecular weight excluding hydrogens is 384 g/mol. The lowest BCUT2D eigenvalue weighted by Crippen LogP contribution is -2.36. The van der Waals surface area contributed by atoms with Gasteiger partial charge in [-0.05, 0) is 30.7 Å². The van der Waals surface area contributed by atoms with E-state index in [4.69, 9.17) is 14.2 Å². The van der Waals surface area contributed by atoms with Crippen molar-refractivity contribution in [3.05, 3.63) is 54.1 Å². The van der Waals surface area contributed by atoms with Crippen molar-refractivity contribution >= 4 is 5.91 Å². The predicted molar refractivity (Wildman–Crippen MR) is 101 cm³/mol. The third-order valence-electron chi connectivity index (χ3n) is 4.73. The number of halogens is 2. The highest BCUT2D eigenvalue weighted by molar-refractivity contribution is 5.77. The normalized spacial score (nSPS) is 19.4. The summed E-state index contributed by atoms with van der Waals surface area (Å²) < 4.78 is 42.8. The van der Waals surface area contributed by atoms with Crippen LogP contribution in [0.3, 0.4) is 0 Å². The minimum absolute atomic E-state index is 0.186. The van der Waals surface area contributed by atoms with E-state index in [9.17, 15) is 18.7 Å². The zero-order valence-electron chi connectivity index (χ0n) is 16.0. The maximum atomic E-state index is 13.6. The molecule has 29 heavy (non-hydrogen) atoms. The molecule has 6 nitrogen and oxygen atoms in total. The number of methoxy groups -OCH3 is 1. The lowest BCUT2D eigenvalue weighted by molar-refractivity contribution is -0.133. The number of likely N-dealkylation sites (tertiary alicyclic amines) is 1. The van der Waals surface area contributed by atoms with Crippen LogP contribution in [0.5, 0.6) is 17.2 Å². The van der Waals surface area contributed by atoms with Crippen LogP contribution in [0.4, 0.5) is 8.78 Å². The van der Waals surface area contributed by atoms with E-state index in [1.165, 1.54) is 0 Å². The molecule has 0 bridgehead atoms. The second-order valence-corrected chi connectivity index (χ2v) is 6.72. The number of ether oxygens (including phenoxy) is 3. The number of hydrogen-bond acceptors (Lipinski definition) is 5. The molecule has 3 rings (SSSR count). The number of hydrogen-bond donors (Lipinski definition) is 1. The van der Waals surface area contributed by atoms with Gasteiger partial charge in [0.1, 0.15) is 23.4 Å². The molecule has 1 heterocycles. The number of aliphatic hydroxyl groups is 1. The number of nitrogens with zero attached hydrogens (tertiary/aromatic N) is 1. The van der Waals surface area contributed by atoms with Crippen molar-refractivity contribution in [3.63, 3.8) is 0 Å². The second kappa shape index (κ2) is 9.56. The lowest BCUT2D eigenvalue weighted by Gasteiger charge is -2.22. The van der Waals surface area contributed by atoms with Crippen LogP contribution in [-0.4, -0.2) is 54.9 Å². The zero-order chi connectivity index (χ0) is 20.8. The largest absolute Gasteiger partial charge is 0.497 e. The summed E-state index contributed by atoms with van der Waals surface area (Å²) in [5, 5.41) is 10.4. The molecule has 0 radical (unpaired) electrons. The van der Waals surface area contributed by atoms with Crippen molar-refractivity contribution in [2.45, 2.75) is 25.0 Å². The van der Waals surface area contributed by atoms with E-state index in [1.807, 2.05) is 0 Å². The van der Waals surface area contributed by atoms with Gasteiger partial charge in [0.2, 0.25) is 0 Å². The van der Waals surface area contributed by atoms with Crippen molar-refractivity contribution in [1.82, 2.24) is 4.90 Å². The molecule has 0 aromatic heterocycles. The molecule has 1 aliphatic heterocycles. The highest BCUT2D eigenvalue weighted by atomic mass is 19.1. The number of rotatable bonds is 6. The average molecular weight is 407 g/mol. The standard InChI is InChI=1S/C21H23F2NO5/c1-27-15-3-2-4-16(12-15)29-20-8-10-24(9-7-18(20)25)21(26)13-28-19-6-5-14(22)11-17(19)23/h2-6,11-12,18,20,25H,7-10,13H2,1H3/t18-,20-/m0/s1. The maximum absolute atomic E-state index is 13.6. The minimum Gasteiger partial charge on any atom is -0.497 e. The van der Waals surface area contributed by atoms with E-state index < -0.39 is 23.8 Å². The molecule has 2 atom stereocenters. The predicted octanol–water partition coefficient (Wildman–Crippen LogP) is 2.78. The molecule has 1 amide bonds. The molecular formula is C21H23F2NO5. The van der Waals surface area contributed by atoms with Crippen molar-refractivity contribution in [3.8, 4) is 17.2 Å². The van der Waals surface area contributed by atoms with Gasteiger partial charge in [0.05, 0.1) is 13.2 Å². The highest BCUT2D eigenvalue weighted by Gasteiger charge is 2.28. The zero-order valence-corrected chi connectivity index (χ0v) is 16.0. The Morgan fingerprint density at radius 1 is 1.14 bits per heavy atom. The number of carbonyl (C=O) groups excluding carboxylic acids is 1. The average Bonchev–Trinajstić information content (AvgIpc) is 2.89. The van der Waals surface area contributed by atoms with Crippen LogP contribution in [0.2, 0.25) is 0 Å². The Morgan fingerprint density at radius 3 is 2.66 bits per heavy atom. The molecule has 0 unspecified atom stereocenters. The Kier molecular flexibility index (Phi) is 6.87. The summed E-state index contributed by atoms with van der Waals surface area (Å²) in [4.78, 5) is 14.0. The van der Waals surface area contributed by atoms with Crippen LogP contribution in [0.15, 0.2) is 42.5 Å². The summed E-state index contributed by atoms with van der Waals surface area (Å²) in [6.45, 7) is 0.313. The summed E-state index contributed by atoms with van der Waals surface area (Å²) >= 11 is 0. The summed E-state index contributed by atoms with van der Waals surface area (Å²) in [5.41, 5.74) is 0. The smallest absolute Gasteiger partial charge is 0.260 e. The SMILES string of the molecule is COc1cccc(O[C@H]2CCN(C(=O)COc3ccc(F)cc3F)CC[C@@H]2O)c1. The quantitative estimate of drug-likeness (QED) is 0.798. The molecule has 156 valence electrons. The fourth-order valence-corrected chi connectivity index (χ4v) is 3.12. The molecule has 0 aliphatic carbocycles. The molecule has 1 saturated heterocycles. The Hall–Kier alpha value is -2.87. The second-order valence-electron chi connectivity index (χ2n) is 6.72. The molecule has 1 aliphatic rings. The molecule has 8 heteroatoms. The van der Waals surface area contributed by atoms with Crippen LogP contribution < -0.4 is 14.2 Å². The third kappa shape index (κ3) is 5.57. The molecule has 2 aromatic carbocycles. The van der Waals surface area contributed by atoms with Crippen LogP contribution in [0.1, 0.15) is 12.8 Å². The number of benzene rings is 2. The highest BCUT2D eigenvalue weighted by Crippen LogP contribution is 2.24. The van der Waals surface area contributed by atoms with Gasteiger partial charge in [-0.1, -0.05) is 6.07 Å². The first-order valence-corrected chi connectivity index (χ1v) is 9.30. The monoisotopic (exact) mass is 407 g/mol. The number of amides is 1. The topological polar surface area (TPSA) is 68.2 Å². The molecule has 2 aromatic rings. The maximum Gasteiger partial charge on any atom is 0.260 e. The Morgan fingerprint density at radius 2 is 1.90 bits per heavy atom. The summed E-state index contributed by atoms with van der Waals surface area (Å²) in [7, 11) is 1.56. The Balaban J connectivity index is 1.55. The Bertz CT molecular complexity index is 848. The van der Waals surface area contributed by atoms with Crippen molar-refractivity contribution in [1.29, 1.82) is 0 Å². The van der Waals surface area contributed by atoms with Crippen LogP contribution in [0.25, 0.3) is 0 Å². The summed E-state index contributed by atoms with van der Waals surface area (Å²) in [5.74, 6) is -0.895. The fourth-order valence-electron chi connectivity index (χ4n) is 3.12. The van der Waals surface area contributed by atoms with Gasteiger partial charge in [0, 0.05) is 31.6 Å². The van der Waals surface area contributed by atoms with E-state index in [0.29, 0.717) is 43.5 Å². The van der Waals surface area contributed by atoms with E-state index in [2.05, 4.69) is 0 Å². The number of aliphatic hydroxyl groups excluding tert-OH is 1. The summed E-state index contributed by atoms with van der Waals surface area (Å²) in [6, 6.07) is 9.98. The van der Waals surface area contributed by atoms with E-state index in [-0.39, 0.29) is 18.3 Å². The van der Waals surface area contributed by atoms with E-state index in [1.54, 1.807) is 36.3 Å². The Labute approximate surface area is 167 Å². The van der Waals surface area contributed by atoms with Gasteiger partial charge < -0.3 is 24.2 Å². The van der Waals surface area contributed by atoms with Gasteiger partial charge in [0.25, 0.3) is 5.91 Å². The number of carbonyl (C=O) groups is 1. The van der Waals surface area contributed by atoms with E-state index in [0.717, 1.165) is 12.1 Å². The molecule has 1 fully saturated rings. The van der Waals surface area contributed by atoms with Crippen LogP contribution in [-0.2, 0) is 4.79 Å². The molecule has 1 N–H and O–H groups in total. The van der Waals surface area contributed by atoms with Gasteiger partial charge in [-0.25, -0.2) is 8.78 Å². The van der Waals surface area contributed by atoms with Gasteiger partial charge in [-0.2, -0.15) is 0 Å². The van der Waals surface area contributed by atoms with Crippen LogP contribution in [0, 0.1) is 11.6 Å². The van der Waals surface area contributed by atoms with Gasteiger partial charge in [-0.15, -0.1) is 0 Å². The van der Waals surface area contributed by atoms with Crippen molar-refractivity contribution in [2.24, 2.45) is 0 Å². The third-order valence-corrected chi connectivity index (χ3v) is 4.73.